The van der Waals surface area contributed by atoms with Gasteiger partial charge in [-0.1, -0.05) is 12.7 Å². The van der Waals surface area contributed by atoms with Crippen molar-refractivity contribution in [1.82, 2.24) is 0 Å². The number of rotatable bonds is 1. The van der Waals surface area contributed by atoms with Crippen LogP contribution in [0.2, 0.25) is 0 Å². The van der Waals surface area contributed by atoms with E-state index in [1.165, 1.54) is 5.56 Å². The largest absolute Gasteiger partial charge is 0.486 e. The summed E-state index contributed by atoms with van der Waals surface area (Å²) in [6, 6.07) is 3.88. The first-order valence-corrected chi connectivity index (χ1v) is 4.58. The molecule has 3 rings (SSSR count). The van der Waals surface area contributed by atoms with E-state index in [1.807, 2.05) is 18.2 Å². The number of benzene rings is 1. The van der Waals surface area contributed by atoms with E-state index >= 15 is 0 Å². The Morgan fingerprint density at radius 3 is 2.79 bits per heavy atom. The van der Waals surface area contributed by atoms with Crippen molar-refractivity contribution in [3.8, 4) is 17.2 Å². The fourth-order valence-corrected chi connectivity index (χ4v) is 1.79. The van der Waals surface area contributed by atoms with Crippen LogP contribution >= 0.6 is 0 Å². The van der Waals surface area contributed by atoms with Crippen molar-refractivity contribution in [2.24, 2.45) is 0 Å². The molecule has 3 heteroatoms. The van der Waals surface area contributed by atoms with Gasteiger partial charge in [0.2, 0.25) is 6.79 Å². The van der Waals surface area contributed by atoms with Crippen LogP contribution in [0.4, 0.5) is 0 Å². The standard InChI is InChI=1S/C11H10O3/c1-2-8-3-7-4-10-11(13-6-12-10)5-9(7)14-8/h2,4-5,8H,1,3,6H2. The second-order valence-electron chi connectivity index (χ2n) is 3.41. The van der Waals surface area contributed by atoms with Gasteiger partial charge in [0.1, 0.15) is 11.9 Å². The molecule has 0 fully saturated rings. The molecule has 1 atom stereocenters. The zero-order chi connectivity index (χ0) is 9.54. The second-order valence-corrected chi connectivity index (χ2v) is 3.41. The van der Waals surface area contributed by atoms with E-state index in [1.54, 1.807) is 0 Å². The van der Waals surface area contributed by atoms with Crippen molar-refractivity contribution in [2.45, 2.75) is 12.5 Å². The Morgan fingerprint density at radius 1 is 1.21 bits per heavy atom. The van der Waals surface area contributed by atoms with Gasteiger partial charge in [-0.05, 0) is 6.07 Å². The third-order valence-electron chi connectivity index (χ3n) is 2.52. The minimum atomic E-state index is 0.0903. The van der Waals surface area contributed by atoms with Gasteiger partial charge in [0.25, 0.3) is 0 Å². The third kappa shape index (κ3) is 0.985. The highest BCUT2D eigenvalue weighted by molar-refractivity contribution is 5.53. The van der Waals surface area contributed by atoms with Gasteiger partial charge in [0.05, 0.1) is 0 Å². The molecule has 1 aromatic carbocycles. The summed E-state index contributed by atoms with van der Waals surface area (Å²) in [4.78, 5) is 0. The first-order valence-electron chi connectivity index (χ1n) is 4.58. The molecule has 0 saturated heterocycles. The maximum atomic E-state index is 5.63. The van der Waals surface area contributed by atoms with Gasteiger partial charge in [0.15, 0.2) is 11.5 Å². The molecule has 3 nitrogen and oxygen atoms in total. The Bertz CT molecular complexity index is 365. The third-order valence-corrected chi connectivity index (χ3v) is 2.52. The summed E-state index contributed by atoms with van der Waals surface area (Å²) >= 11 is 0. The Labute approximate surface area is 81.9 Å². The number of hydrogen-bond acceptors (Lipinski definition) is 3. The molecule has 2 heterocycles. The lowest BCUT2D eigenvalue weighted by Crippen LogP contribution is -2.07. The van der Waals surface area contributed by atoms with Gasteiger partial charge in [-0.25, -0.2) is 0 Å². The normalized spacial score (nSPS) is 21.6. The van der Waals surface area contributed by atoms with Crippen LogP contribution in [0.15, 0.2) is 24.8 Å². The Balaban J connectivity index is 2.03. The molecule has 2 aliphatic rings. The lowest BCUT2D eigenvalue weighted by atomic mass is 10.1. The molecule has 0 aromatic heterocycles. The highest BCUT2D eigenvalue weighted by Gasteiger charge is 2.25. The zero-order valence-corrected chi connectivity index (χ0v) is 7.66. The minimum absolute atomic E-state index is 0.0903. The Morgan fingerprint density at radius 2 is 2.00 bits per heavy atom. The predicted octanol–water partition coefficient (Wildman–Crippen LogP) is 1.90. The van der Waals surface area contributed by atoms with Crippen LogP contribution in [0, 0.1) is 0 Å². The fraction of sp³-hybridized carbons (Fsp3) is 0.273. The number of fused-ring (bicyclic) bond motifs is 2. The van der Waals surface area contributed by atoms with E-state index in [9.17, 15) is 0 Å². The predicted molar refractivity (Wildman–Crippen MR) is 50.9 cm³/mol. The highest BCUT2D eigenvalue weighted by atomic mass is 16.7. The van der Waals surface area contributed by atoms with Crippen molar-refractivity contribution in [3.63, 3.8) is 0 Å². The Hall–Kier alpha value is -1.64. The van der Waals surface area contributed by atoms with E-state index in [-0.39, 0.29) is 6.10 Å². The molecule has 1 aromatic rings. The van der Waals surface area contributed by atoms with Crippen LogP contribution in [-0.4, -0.2) is 12.9 Å². The molecule has 0 spiro atoms. The quantitative estimate of drug-likeness (QED) is 0.633. The van der Waals surface area contributed by atoms with E-state index < -0.39 is 0 Å². The maximum absolute atomic E-state index is 5.63. The molecule has 0 N–H and O–H groups in total. The molecule has 0 amide bonds. The molecular weight excluding hydrogens is 180 g/mol. The molecule has 0 aliphatic carbocycles. The van der Waals surface area contributed by atoms with Crippen LogP contribution in [0.1, 0.15) is 5.56 Å². The molecule has 2 aliphatic heterocycles. The van der Waals surface area contributed by atoms with E-state index in [0.29, 0.717) is 6.79 Å². The van der Waals surface area contributed by atoms with Crippen molar-refractivity contribution < 1.29 is 14.2 Å². The molecule has 1 unspecified atom stereocenters. The lowest BCUT2D eigenvalue weighted by Gasteiger charge is -2.03. The summed E-state index contributed by atoms with van der Waals surface area (Å²) < 4.78 is 16.2. The van der Waals surface area contributed by atoms with Crippen molar-refractivity contribution in [1.29, 1.82) is 0 Å². The van der Waals surface area contributed by atoms with E-state index in [4.69, 9.17) is 14.2 Å². The van der Waals surface area contributed by atoms with Crippen LogP contribution in [-0.2, 0) is 6.42 Å². The van der Waals surface area contributed by atoms with Crippen LogP contribution in [0.25, 0.3) is 0 Å². The molecule has 72 valence electrons. The first kappa shape index (κ1) is 7.74. The summed E-state index contributed by atoms with van der Waals surface area (Å²) in [7, 11) is 0. The summed E-state index contributed by atoms with van der Waals surface area (Å²) in [6.45, 7) is 4.03. The monoisotopic (exact) mass is 190 g/mol. The smallest absolute Gasteiger partial charge is 0.231 e. The number of ether oxygens (including phenoxy) is 3. The molecule has 0 radical (unpaired) electrons. The van der Waals surface area contributed by atoms with E-state index in [2.05, 4.69) is 6.58 Å². The highest BCUT2D eigenvalue weighted by Crippen LogP contribution is 2.41. The van der Waals surface area contributed by atoms with E-state index in [0.717, 1.165) is 23.7 Å². The second kappa shape index (κ2) is 2.67. The summed E-state index contributed by atoms with van der Waals surface area (Å²) in [5.74, 6) is 2.48. The minimum Gasteiger partial charge on any atom is -0.486 e. The molecule has 0 bridgehead atoms. The summed E-state index contributed by atoms with van der Waals surface area (Å²) in [5, 5.41) is 0. The number of hydrogen-bond donors (Lipinski definition) is 0. The average Bonchev–Trinajstić information content (AvgIpc) is 2.77. The molecule has 0 saturated carbocycles. The fourth-order valence-electron chi connectivity index (χ4n) is 1.79. The van der Waals surface area contributed by atoms with Crippen LogP contribution < -0.4 is 14.2 Å². The zero-order valence-electron chi connectivity index (χ0n) is 7.66. The first-order chi connectivity index (χ1) is 6.86. The van der Waals surface area contributed by atoms with Crippen molar-refractivity contribution in [3.05, 3.63) is 30.4 Å². The van der Waals surface area contributed by atoms with Gasteiger partial charge < -0.3 is 14.2 Å². The van der Waals surface area contributed by atoms with Gasteiger partial charge in [-0.15, -0.1) is 0 Å². The topological polar surface area (TPSA) is 27.7 Å². The van der Waals surface area contributed by atoms with Gasteiger partial charge >= 0.3 is 0 Å². The van der Waals surface area contributed by atoms with Crippen molar-refractivity contribution in [2.75, 3.05) is 6.79 Å². The van der Waals surface area contributed by atoms with Crippen LogP contribution in [0.3, 0.4) is 0 Å². The maximum Gasteiger partial charge on any atom is 0.231 e. The van der Waals surface area contributed by atoms with Gasteiger partial charge in [-0.3, -0.25) is 0 Å². The van der Waals surface area contributed by atoms with Crippen molar-refractivity contribution >= 4 is 0 Å². The lowest BCUT2D eigenvalue weighted by molar-refractivity contribution is 0.173. The Kier molecular flexibility index (Phi) is 1.48. The molecular formula is C11H10O3. The van der Waals surface area contributed by atoms with Gasteiger partial charge in [0, 0.05) is 18.1 Å². The molecule has 14 heavy (non-hydrogen) atoms. The average molecular weight is 190 g/mol. The summed E-state index contributed by atoms with van der Waals surface area (Å²) in [6.07, 6.45) is 2.77. The SMILES string of the molecule is C=CC1Cc2cc3c(cc2O1)OCO3. The summed E-state index contributed by atoms with van der Waals surface area (Å²) in [5.41, 5.74) is 1.17. The van der Waals surface area contributed by atoms with Crippen LogP contribution in [0.5, 0.6) is 17.2 Å². The van der Waals surface area contributed by atoms with Gasteiger partial charge in [-0.2, -0.15) is 0 Å².